The van der Waals surface area contributed by atoms with Crippen molar-refractivity contribution < 1.29 is 4.74 Å². The molecule has 3 nitrogen and oxygen atoms in total. The van der Waals surface area contributed by atoms with Gasteiger partial charge in [0.2, 0.25) is 0 Å². The molecule has 2 rings (SSSR count). The molecule has 1 aliphatic carbocycles. The van der Waals surface area contributed by atoms with Crippen LogP contribution in [0.5, 0.6) is 5.75 Å². The lowest BCUT2D eigenvalue weighted by Crippen LogP contribution is -2.35. The van der Waals surface area contributed by atoms with Crippen molar-refractivity contribution in [1.29, 1.82) is 5.26 Å². The molecular weight excluding hydrogens is 260 g/mol. The molecule has 21 heavy (non-hydrogen) atoms. The first kappa shape index (κ1) is 15.9. The summed E-state index contributed by atoms with van der Waals surface area (Å²) in [6.45, 7) is 9.14. The number of nitrogens with zero attached hydrogens (tertiary/aromatic N) is 1. The van der Waals surface area contributed by atoms with Crippen LogP contribution in [0.4, 0.5) is 0 Å². The average molecular weight is 286 g/mol. The third-order valence-electron chi connectivity index (χ3n) is 3.84. The molecule has 0 aromatic heterocycles. The summed E-state index contributed by atoms with van der Waals surface area (Å²) in [5.74, 6) is 0.901. The Balaban J connectivity index is 2.09. The molecule has 0 heterocycles. The number of aryl methyl sites for hydroxylation is 1. The number of hydrogen-bond donors (Lipinski definition) is 1. The van der Waals surface area contributed by atoms with Crippen LogP contribution in [0.3, 0.4) is 0 Å². The summed E-state index contributed by atoms with van der Waals surface area (Å²) in [6.07, 6.45) is 3.38. The number of ether oxygens (including phenoxy) is 1. The molecule has 3 heteroatoms. The van der Waals surface area contributed by atoms with E-state index in [0.717, 1.165) is 12.2 Å². The third-order valence-corrected chi connectivity index (χ3v) is 3.84. The smallest absolute Gasteiger partial charge is 0.130 e. The normalized spacial score (nSPS) is 16.3. The number of hydrogen-bond acceptors (Lipinski definition) is 3. The van der Waals surface area contributed by atoms with Crippen molar-refractivity contribution in [3.05, 3.63) is 29.3 Å². The Kier molecular flexibility index (Phi) is 4.90. The zero-order valence-electron chi connectivity index (χ0n) is 13.6. The van der Waals surface area contributed by atoms with Crippen LogP contribution in [-0.2, 0) is 11.8 Å². The van der Waals surface area contributed by atoms with E-state index in [1.807, 2.05) is 6.07 Å². The minimum atomic E-state index is -0.226. The van der Waals surface area contributed by atoms with Crippen molar-refractivity contribution in [3.8, 4) is 11.8 Å². The van der Waals surface area contributed by atoms with E-state index in [4.69, 9.17) is 4.74 Å². The van der Waals surface area contributed by atoms with Gasteiger partial charge in [-0.15, -0.1) is 0 Å². The predicted molar refractivity (Wildman–Crippen MR) is 85.6 cm³/mol. The highest BCUT2D eigenvalue weighted by molar-refractivity contribution is 5.41. The number of benzene rings is 1. The molecule has 1 aliphatic rings. The fourth-order valence-corrected chi connectivity index (χ4v) is 2.34. The van der Waals surface area contributed by atoms with E-state index in [1.54, 1.807) is 0 Å². The molecule has 0 spiro atoms. The lowest BCUT2D eigenvalue weighted by atomic mass is 9.85. The van der Waals surface area contributed by atoms with Crippen LogP contribution in [-0.4, -0.2) is 18.7 Å². The Morgan fingerprint density at radius 2 is 2.10 bits per heavy atom. The Morgan fingerprint density at radius 3 is 2.62 bits per heavy atom. The van der Waals surface area contributed by atoms with Gasteiger partial charge in [-0.05, 0) is 41.9 Å². The van der Waals surface area contributed by atoms with Gasteiger partial charge in [0.15, 0.2) is 0 Å². The standard InChI is InChI=1S/C18H26N2O/c1-5-13-6-9-17(16(10-13)18(2,3)4)21-12-15(11-19)20-14-7-8-14/h6,9-10,14-15,20H,5,7-8,12H2,1-4H3. The quantitative estimate of drug-likeness (QED) is 0.869. The first-order valence-corrected chi connectivity index (χ1v) is 7.86. The molecule has 1 unspecified atom stereocenters. The monoisotopic (exact) mass is 286 g/mol. The van der Waals surface area contributed by atoms with Gasteiger partial charge in [0.25, 0.3) is 0 Å². The Bertz CT molecular complexity index is 521. The van der Waals surface area contributed by atoms with Crippen LogP contribution in [0, 0.1) is 11.3 Å². The van der Waals surface area contributed by atoms with Crippen molar-refractivity contribution in [2.75, 3.05) is 6.61 Å². The van der Waals surface area contributed by atoms with Crippen LogP contribution in [0.15, 0.2) is 18.2 Å². The van der Waals surface area contributed by atoms with Crippen LogP contribution >= 0.6 is 0 Å². The maximum atomic E-state index is 9.20. The van der Waals surface area contributed by atoms with Crippen LogP contribution in [0.1, 0.15) is 51.7 Å². The van der Waals surface area contributed by atoms with Crippen molar-refractivity contribution in [2.45, 2.75) is 64.5 Å². The Hall–Kier alpha value is -1.53. The topological polar surface area (TPSA) is 45.0 Å². The lowest BCUT2D eigenvalue weighted by Gasteiger charge is -2.24. The molecule has 114 valence electrons. The SMILES string of the molecule is CCc1ccc(OCC(C#N)NC2CC2)c(C(C)(C)C)c1. The van der Waals surface area contributed by atoms with E-state index in [0.29, 0.717) is 12.6 Å². The fraction of sp³-hybridized carbons (Fsp3) is 0.611. The van der Waals surface area contributed by atoms with E-state index in [2.05, 4.69) is 51.2 Å². The van der Waals surface area contributed by atoms with E-state index < -0.39 is 0 Å². The summed E-state index contributed by atoms with van der Waals surface area (Å²) in [5.41, 5.74) is 2.57. The predicted octanol–water partition coefficient (Wildman–Crippen LogP) is 3.57. The molecule has 1 aromatic carbocycles. The minimum absolute atomic E-state index is 0.0343. The van der Waals surface area contributed by atoms with Gasteiger partial charge in [-0.25, -0.2) is 0 Å². The second kappa shape index (κ2) is 6.49. The Morgan fingerprint density at radius 1 is 1.38 bits per heavy atom. The lowest BCUT2D eigenvalue weighted by molar-refractivity contribution is 0.281. The third kappa shape index (κ3) is 4.47. The maximum absolute atomic E-state index is 9.20. The van der Waals surface area contributed by atoms with Gasteiger partial charge in [-0.3, -0.25) is 5.32 Å². The Labute approximate surface area is 128 Å². The van der Waals surface area contributed by atoms with E-state index in [1.165, 1.54) is 24.0 Å². The zero-order chi connectivity index (χ0) is 15.5. The van der Waals surface area contributed by atoms with E-state index >= 15 is 0 Å². The molecule has 0 saturated heterocycles. The highest BCUT2D eigenvalue weighted by Gasteiger charge is 2.25. The van der Waals surface area contributed by atoms with Crippen LogP contribution < -0.4 is 10.1 Å². The number of nitriles is 1. The van der Waals surface area contributed by atoms with E-state index in [-0.39, 0.29) is 11.5 Å². The van der Waals surface area contributed by atoms with Gasteiger partial charge in [-0.2, -0.15) is 5.26 Å². The fourth-order valence-electron chi connectivity index (χ4n) is 2.34. The highest BCUT2D eigenvalue weighted by atomic mass is 16.5. The first-order valence-electron chi connectivity index (χ1n) is 7.86. The molecule has 1 N–H and O–H groups in total. The van der Waals surface area contributed by atoms with Crippen molar-refractivity contribution in [3.63, 3.8) is 0 Å². The van der Waals surface area contributed by atoms with Crippen molar-refractivity contribution >= 4 is 0 Å². The second-order valence-corrected chi connectivity index (χ2v) is 6.87. The minimum Gasteiger partial charge on any atom is -0.491 e. The molecule has 1 atom stereocenters. The van der Waals surface area contributed by atoms with Gasteiger partial charge in [0.05, 0.1) is 6.07 Å². The molecule has 0 aliphatic heterocycles. The summed E-state index contributed by atoms with van der Waals surface area (Å²) in [4.78, 5) is 0. The number of nitrogens with one attached hydrogen (secondary N) is 1. The average Bonchev–Trinajstić information content (AvgIpc) is 3.26. The van der Waals surface area contributed by atoms with E-state index in [9.17, 15) is 5.26 Å². The molecule has 1 aromatic rings. The molecule has 0 amide bonds. The zero-order valence-corrected chi connectivity index (χ0v) is 13.6. The van der Waals surface area contributed by atoms with Gasteiger partial charge in [0, 0.05) is 6.04 Å². The summed E-state index contributed by atoms with van der Waals surface area (Å²) in [5, 5.41) is 12.5. The molecule has 0 radical (unpaired) electrons. The molecule has 0 bridgehead atoms. The number of rotatable bonds is 6. The molecule has 1 saturated carbocycles. The first-order chi connectivity index (χ1) is 9.94. The van der Waals surface area contributed by atoms with Crippen molar-refractivity contribution in [2.24, 2.45) is 0 Å². The summed E-state index contributed by atoms with van der Waals surface area (Å²) < 4.78 is 5.96. The molecular formula is C18H26N2O. The van der Waals surface area contributed by atoms with Crippen LogP contribution in [0.25, 0.3) is 0 Å². The van der Waals surface area contributed by atoms with Gasteiger partial charge < -0.3 is 4.74 Å². The highest BCUT2D eigenvalue weighted by Crippen LogP contribution is 2.32. The molecule has 1 fully saturated rings. The van der Waals surface area contributed by atoms with Crippen molar-refractivity contribution in [1.82, 2.24) is 5.32 Å². The maximum Gasteiger partial charge on any atom is 0.130 e. The summed E-state index contributed by atoms with van der Waals surface area (Å²) in [6, 6.07) is 8.96. The largest absolute Gasteiger partial charge is 0.491 e. The summed E-state index contributed by atoms with van der Waals surface area (Å²) in [7, 11) is 0. The summed E-state index contributed by atoms with van der Waals surface area (Å²) >= 11 is 0. The second-order valence-electron chi connectivity index (χ2n) is 6.87. The van der Waals surface area contributed by atoms with Crippen LogP contribution in [0.2, 0.25) is 0 Å². The van der Waals surface area contributed by atoms with Gasteiger partial charge in [0.1, 0.15) is 18.4 Å². The van der Waals surface area contributed by atoms with Gasteiger partial charge >= 0.3 is 0 Å². The van der Waals surface area contributed by atoms with Gasteiger partial charge in [-0.1, -0.05) is 39.8 Å².